The Bertz CT molecular complexity index is 365. The van der Waals surface area contributed by atoms with E-state index in [9.17, 15) is 4.79 Å². The van der Waals surface area contributed by atoms with Crippen molar-refractivity contribution in [2.45, 2.75) is 13.5 Å². The van der Waals surface area contributed by atoms with Crippen LogP contribution < -0.4 is 11.3 Å². The van der Waals surface area contributed by atoms with E-state index in [1.807, 2.05) is 24.9 Å². The monoisotopic (exact) mass is 243 g/mol. The summed E-state index contributed by atoms with van der Waals surface area (Å²) in [6.07, 6.45) is 0. The standard InChI is InChI=1S/C10H17N3O2S/c1-7-8(6-13(2)3-4-14)5-9(16-7)10(15)12-11/h5,14H,3-4,6,11H2,1-2H3,(H,12,15). The number of hydrogen-bond acceptors (Lipinski definition) is 5. The number of nitrogens with zero attached hydrogens (tertiary/aromatic N) is 1. The minimum Gasteiger partial charge on any atom is -0.395 e. The molecular formula is C10H17N3O2S. The lowest BCUT2D eigenvalue weighted by Gasteiger charge is -2.14. The van der Waals surface area contributed by atoms with Crippen molar-refractivity contribution >= 4 is 17.2 Å². The number of aryl methyl sites for hydroxylation is 1. The van der Waals surface area contributed by atoms with E-state index >= 15 is 0 Å². The summed E-state index contributed by atoms with van der Waals surface area (Å²) in [6, 6.07) is 1.84. The van der Waals surface area contributed by atoms with Crippen LogP contribution in [0.15, 0.2) is 6.07 Å². The Morgan fingerprint density at radius 2 is 2.38 bits per heavy atom. The van der Waals surface area contributed by atoms with E-state index in [1.54, 1.807) is 0 Å². The van der Waals surface area contributed by atoms with Crippen LogP contribution in [0.2, 0.25) is 0 Å². The van der Waals surface area contributed by atoms with Crippen molar-refractivity contribution in [3.05, 3.63) is 21.4 Å². The van der Waals surface area contributed by atoms with Gasteiger partial charge in [0.1, 0.15) is 0 Å². The average molecular weight is 243 g/mol. The first-order valence-electron chi connectivity index (χ1n) is 4.98. The smallest absolute Gasteiger partial charge is 0.275 e. The molecule has 1 rings (SSSR count). The molecule has 0 unspecified atom stereocenters. The SMILES string of the molecule is Cc1sc(C(=O)NN)cc1CN(C)CCO. The topological polar surface area (TPSA) is 78.6 Å². The molecule has 0 saturated heterocycles. The van der Waals surface area contributed by atoms with Crippen LogP contribution in [0.3, 0.4) is 0 Å². The highest BCUT2D eigenvalue weighted by Gasteiger charge is 2.12. The van der Waals surface area contributed by atoms with Crippen molar-refractivity contribution in [2.24, 2.45) is 5.84 Å². The lowest BCUT2D eigenvalue weighted by Crippen LogP contribution is -2.29. The summed E-state index contributed by atoms with van der Waals surface area (Å²) in [7, 11) is 1.93. The number of amides is 1. The Labute approximate surface area is 98.8 Å². The minimum absolute atomic E-state index is 0.135. The van der Waals surface area contributed by atoms with Crippen LogP contribution in [-0.4, -0.2) is 36.1 Å². The van der Waals surface area contributed by atoms with Gasteiger partial charge in [-0.3, -0.25) is 15.1 Å². The van der Waals surface area contributed by atoms with Gasteiger partial charge in [-0.05, 0) is 25.6 Å². The van der Waals surface area contributed by atoms with Crippen molar-refractivity contribution in [3.63, 3.8) is 0 Å². The van der Waals surface area contributed by atoms with Crippen molar-refractivity contribution in [2.75, 3.05) is 20.2 Å². The second kappa shape index (κ2) is 5.95. The molecule has 0 atom stereocenters. The highest BCUT2D eigenvalue weighted by atomic mass is 32.1. The van der Waals surface area contributed by atoms with Gasteiger partial charge in [0.05, 0.1) is 11.5 Å². The molecule has 0 fully saturated rings. The van der Waals surface area contributed by atoms with Crippen molar-refractivity contribution < 1.29 is 9.90 Å². The number of carbonyl (C=O) groups is 1. The number of nitrogens with one attached hydrogen (secondary N) is 1. The van der Waals surface area contributed by atoms with E-state index in [2.05, 4.69) is 5.43 Å². The first-order valence-corrected chi connectivity index (χ1v) is 5.79. The van der Waals surface area contributed by atoms with Gasteiger partial charge in [0.25, 0.3) is 5.91 Å². The zero-order chi connectivity index (χ0) is 12.1. The quantitative estimate of drug-likeness (QED) is 0.389. The van der Waals surface area contributed by atoms with E-state index < -0.39 is 0 Å². The van der Waals surface area contributed by atoms with Crippen LogP contribution >= 0.6 is 11.3 Å². The first-order chi connectivity index (χ1) is 7.58. The van der Waals surface area contributed by atoms with Gasteiger partial charge in [-0.2, -0.15) is 0 Å². The molecular weight excluding hydrogens is 226 g/mol. The fourth-order valence-corrected chi connectivity index (χ4v) is 2.34. The molecule has 0 aliphatic heterocycles. The maximum atomic E-state index is 11.3. The Balaban J connectivity index is 2.74. The average Bonchev–Trinajstić information content (AvgIpc) is 2.59. The summed E-state index contributed by atoms with van der Waals surface area (Å²) in [5, 5.41) is 8.80. The molecule has 1 heterocycles. The van der Waals surface area contributed by atoms with Gasteiger partial charge in [0.2, 0.25) is 0 Å². The maximum Gasteiger partial charge on any atom is 0.275 e. The van der Waals surface area contributed by atoms with Gasteiger partial charge in [-0.1, -0.05) is 0 Å². The molecule has 0 aliphatic carbocycles. The second-order valence-electron chi connectivity index (χ2n) is 3.63. The van der Waals surface area contributed by atoms with Gasteiger partial charge < -0.3 is 5.11 Å². The number of hydrogen-bond donors (Lipinski definition) is 3. The molecule has 0 bridgehead atoms. The fraction of sp³-hybridized carbons (Fsp3) is 0.500. The Morgan fingerprint density at radius 1 is 1.69 bits per heavy atom. The van der Waals surface area contributed by atoms with Crippen LogP contribution in [0.1, 0.15) is 20.1 Å². The molecule has 4 N–H and O–H groups in total. The summed E-state index contributed by atoms with van der Waals surface area (Å²) in [4.78, 5) is 15.0. The van der Waals surface area contributed by atoms with E-state index in [0.29, 0.717) is 11.4 Å². The summed E-state index contributed by atoms with van der Waals surface area (Å²) < 4.78 is 0. The Kier molecular flexibility index (Phi) is 4.88. The molecule has 0 saturated carbocycles. The molecule has 6 heteroatoms. The molecule has 1 aromatic rings. The molecule has 5 nitrogen and oxygen atoms in total. The summed E-state index contributed by atoms with van der Waals surface area (Å²) in [6.45, 7) is 3.45. The number of hydrazine groups is 1. The Hall–Kier alpha value is -0.950. The van der Waals surface area contributed by atoms with Gasteiger partial charge in [0, 0.05) is 18.0 Å². The molecule has 0 radical (unpaired) electrons. The van der Waals surface area contributed by atoms with E-state index in [-0.39, 0.29) is 12.5 Å². The third-order valence-corrected chi connectivity index (χ3v) is 3.39. The van der Waals surface area contributed by atoms with Crippen LogP contribution in [0, 0.1) is 6.92 Å². The molecule has 1 amide bonds. The molecule has 90 valence electrons. The number of rotatable bonds is 5. The highest BCUT2D eigenvalue weighted by molar-refractivity contribution is 7.14. The van der Waals surface area contributed by atoms with Crippen molar-refractivity contribution in [1.29, 1.82) is 0 Å². The third-order valence-electron chi connectivity index (χ3n) is 2.30. The molecule has 0 aromatic carbocycles. The number of likely N-dealkylation sites (N-methyl/N-ethyl adjacent to an activating group) is 1. The van der Waals surface area contributed by atoms with E-state index in [4.69, 9.17) is 10.9 Å². The minimum atomic E-state index is -0.260. The highest BCUT2D eigenvalue weighted by Crippen LogP contribution is 2.22. The predicted molar refractivity (Wildman–Crippen MR) is 64.1 cm³/mol. The van der Waals surface area contributed by atoms with Crippen LogP contribution in [-0.2, 0) is 6.54 Å². The first kappa shape index (κ1) is 13.1. The zero-order valence-electron chi connectivity index (χ0n) is 9.49. The predicted octanol–water partition coefficient (Wildman–Crippen LogP) is 0.0841. The molecule has 16 heavy (non-hydrogen) atoms. The van der Waals surface area contributed by atoms with Crippen molar-refractivity contribution in [1.82, 2.24) is 10.3 Å². The van der Waals surface area contributed by atoms with Crippen LogP contribution in [0.4, 0.5) is 0 Å². The van der Waals surface area contributed by atoms with Crippen LogP contribution in [0.25, 0.3) is 0 Å². The summed E-state index contributed by atoms with van der Waals surface area (Å²) in [5.41, 5.74) is 3.21. The number of aliphatic hydroxyl groups excluding tert-OH is 1. The lowest BCUT2D eigenvalue weighted by molar-refractivity contribution is 0.0957. The summed E-state index contributed by atoms with van der Waals surface area (Å²) in [5.74, 6) is 4.82. The fourth-order valence-electron chi connectivity index (χ4n) is 1.40. The van der Waals surface area contributed by atoms with Gasteiger partial charge >= 0.3 is 0 Å². The summed E-state index contributed by atoms with van der Waals surface area (Å²) >= 11 is 1.43. The third kappa shape index (κ3) is 3.28. The second-order valence-corrected chi connectivity index (χ2v) is 4.88. The molecule has 1 aromatic heterocycles. The van der Waals surface area contributed by atoms with Gasteiger partial charge in [-0.15, -0.1) is 11.3 Å². The number of nitrogen functional groups attached to an aromatic ring is 1. The van der Waals surface area contributed by atoms with Gasteiger partial charge in [-0.25, -0.2) is 5.84 Å². The maximum absolute atomic E-state index is 11.3. The van der Waals surface area contributed by atoms with Gasteiger partial charge in [0.15, 0.2) is 0 Å². The largest absolute Gasteiger partial charge is 0.395 e. The lowest BCUT2D eigenvalue weighted by atomic mass is 10.2. The van der Waals surface area contributed by atoms with Crippen molar-refractivity contribution in [3.8, 4) is 0 Å². The number of carbonyl (C=O) groups excluding carboxylic acids is 1. The van der Waals surface area contributed by atoms with Crippen LogP contribution in [0.5, 0.6) is 0 Å². The molecule has 0 aliphatic rings. The Morgan fingerprint density at radius 3 is 2.94 bits per heavy atom. The zero-order valence-corrected chi connectivity index (χ0v) is 10.3. The normalized spacial score (nSPS) is 10.8. The molecule has 0 spiro atoms. The number of nitrogens with two attached hydrogens (primary N) is 1. The number of aliphatic hydroxyl groups is 1. The van der Waals surface area contributed by atoms with E-state index in [0.717, 1.165) is 17.0 Å². The van der Waals surface area contributed by atoms with E-state index in [1.165, 1.54) is 11.3 Å². The number of thiophene rings is 1.